The van der Waals surface area contributed by atoms with Gasteiger partial charge in [0.25, 0.3) is 5.91 Å². The number of piperidine rings is 1. The van der Waals surface area contributed by atoms with Crippen LogP contribution in [0.15, 0.2) is 12.7 Å². The van der Waals surface area contributed by atoms with Crippen molar-refractivity contribution in [2.45, 2.75) is 174 Å². The summed E-state index contributed by atoms with van der Waals surface area (Å²) in [4.78, 5) is 75.4. The van der Waals surface area contributed by atoms with Gasteiger partial charge in [-0.1, -0.05) is 74.3 Å². The lowest BCUT2D eigenvalue weighted by atomic mass is 9.73. The topological polar surface area (TPSA) is 174 Å². The molecule has 7 atom stereocenters. The summed E-state index contributed by atoms with van der Waals surface area (Å²) in [5.41, 5.74) is -3.46. The van der Waals surface area contributed by atoms with Crippen LogP contribution in [0.3, 0.4) is 0 Å². The number of rotatable bonds is 12. The van der Waals surface area contributed by atoms with Gasteiger partial charge in [-0.3, -0.25) is 33.6 Å². The maximum atomic E-state index is 15.1. The SMILES string of the molecule is C=C[C@@H]1C[C@@]1(NC(=O)[C@@H]1C[C@@]2(CN1C(=O)[C@@H](NC(=O)C(NC(=O)[C@@H]1CCCCN1C(C)C)C(C)(C)C)C(C)(C)C)C(C)(C)C21CCC1)C(=O)NS(=O)(=O)C1CC1. The van der Waals surface area contributed by atoms with E-state index in [1.807, 2.05) is 41.5 Å². The Labute approximate surface area is 334 Å². The molecule has 4 aliphatic carbocycles. The molecule has 6 aliphatic rings. The van der Waals surface area contributed by atoms with Gasteiger partial charge in [0.1, 0.15) is 23.7 Å². The largest absolute Gasteiger partial charge is 0.342 e. The Morgan fingerprint density at radius 1 is 0.804 bits per heavy atom. The van der Waals surface area contributed by atoms with Crippen LogP contribution in [-0.2, 0) is 34.0 Å². The van der Waals surface area contributed by atoms with Gasteiger partial charge in [0.05, 0.1) is 11.3 Å². The van der Waals surface area contributed by atoms with E-state index in [1.165, 1.54) is 0 Å². The molecule has 6 fully saturated rings. The second-order valence-electron chi connectivity index (χ2n) is 21.0. The van der Waals surface area contributed by atoms with Crippen molar-refractivity contribution in [3.8, 4) is 0 Å². The minimum atomic E-state index is -3.87. The number of sulfonamides is 1. The number of nitrogens with one attached hydrogen (secondary N) is 4. The quantitative estimate of drug-likeness (QED) is 0.216. The molecule has 56 heavy (non-hydrogen) atoms. The molecule has 4 N–H and O–H groups in total. The highest BCUT2D eigenvalue weighted by Crippen LogP contribution is 2.88. The standard InChI is InChI=1S/C42H68N6O7S/c1-12-26-22-42(26,36(53)46-56(54,55)27-17-18-27)45-33(50)29-23-41(39(10,11)40(41)19-15-20-40)24-48(29)35(52)31(38(7,8)9)44-34(51)30(37(4,5)6)43-32(49)28-16-13-14-21-47(28)25(2)3/h12,25-31H,1,13-24H2,2-11H3,(H,43,49)(H,44,51)(H,45,50)(H,46,53)/t26-,28+,29+,30?,31-,41-,42+/m1/s1. The van der Waals surface area contributed by atoms with E-state index in [9.17, 15) is 27.6 Å². The number of carbonyl (C=O) groups is 5. The number of hydrogen-bond donors (Lipinski definition) is 4. The van der Waals surface area contributed by atoms with E-state index in [0.29, 0.717) is 32.2 Å². The zero-order valence-electron chi connectivity index (χ0n) is 35.5. The van der Waals surface area contributed by atoms with Gasteiger partial charge in [-0.05, 0) is 93.4 Å². The number of likely N-dealkylation sites (tertiary alicyclic amines) is 2. The summed E-state index contributed by atoms with van der Waals surface area (Å²) in [6.45, 7) is 24.8. The van der Waals surface area contributed by atoms with Crippen LogP contribution in [0.2, 0.25) is 0 Å². The van der Waals surface area contributed by atoms with Crippen molar-refractivity contribution in [3.63, 3.8) is 0 Å². The molecule has 0 bridgehead atoms. The molecule has 13 nitrogen and oxygen atoms in total. The van der Waals surface area contributed by atoms with Gasteiger partial charge in [0.2, 0.25) is 33.7 Å². The van der Waals surface area contributed by atoms with E-state index in [4.69, 9.17) is 0 Å². The third-order valence-electron chi connectivity index (χ3n) is 15.0. The molecule has 0 aromatic heterocycles. The molecule has 5 amide bonds. The Morgan fingerprint density at radius 2 is 1.43 bits per heavy atom. The zero-order chi connectivity index (χ0) is 41.6. The highest BCUT2D eigenvalue weighted by Gasteiger charge is 2.85. The molecule has 2 heterocycles. The van der Waals surface area contributed by atoms with Crippen molar-refractivity contribution >= 4 is 39.6 Å². The molecule has 2 aliphatic heterocycles. The Balaban J connectivity index is 1.27. The first-order chi connectivity index (χ1) is 25.8. The normalized spacial score (nSPS) is 31.9. The first kappa shape index (κ1) is 42.6. The molecule has 0 aromatic carbocycles. The maximum Gasteiger partial charge on any atom is 0.259 e. The summed E-state index contributed by atoms with van der Waals surface area (Å²) in [6.07, 6.45) is 8.85. The zero-order valence-corrected chi connectivity index (χ0v) is 36.3. The summed E-state index contributed by atoms with van der Waals surface area (Å²) in [6, 6.07) is -3.13. The highest BCUT2D eigenvalue weighted by atomic mass is 32.2. The van der Waals surface area contributed by atoms with Gasteiger partial charge in [0.15, 0.2) is 0 Å². The van der Waals surface area contributed by atoms with Gasteiger partial charge in [0, 0.05) is 23.9 Å². The summed E-state index contributed by atoms with van der Waals surface area (Å²) >= 11 is 0. The Kier molecular flexibility index (Phi) is 10.7. The van der Waals surface area contributed by atoms with Crippen molar-refractivity contribution in [1.82, 2.24) is 30.5 Å². The predicted octanol–water partition coefficient (Wildman–Crippen LogP) is 3.78. The average molecular weight is 801 g/mol. The second kappa shape index (κ2) is 14.1. The fourth-order valence-corrected chi connectivity index (χ4v) is 12.3. The van der Waals surface area contributed by atoms with E-state index in [1.54, 1.807) is 11.0 Å². The summed E-state index contributed by atoms with van der Waals surface area (Å²) < 4.78 is 27.8. The lowest BCUT2D eigenvalue weighted by molar-refractivity contribution is -0.145. The number of carbonyl (C=O) groups excluding carboxylic acids is 5. The number of amides is 5. The molecular formula is C42H68N6O7S. The van der Waals surface area contributed by atoms with Crippen LogP contribution in [0.4, 0.5) is 0 Å². The van der Waals surface area contributed by atoms with Crippen LogP contribution in [0.1, 0.15) is 133 Å². The van der Waals surface area contributed by atoms with Crippen molar-refractivity contribution in [3.05, 3.63) is 12.7 Å². The van der Waals surface area contributed by atoms with Crippen LogP contribution in [0, 0.1) is 33.0 Å². The van der Waals surface area contributed by atoms with Gasteiger partial charge in [-0.2, -0.15) is 0 Å². The number of fused-ring (bicyclic) bond motifs is 1. The van der Waals surface area contributed by atoms with Crippen molar-refractivity contribution in [1.29, 1.82) is 0 Å². The molecule has 4 saturated carbocycles. The minimum absolute atomic E-state index is 0.0186. The van der Waals surface area contributed by atoms with Gasteiger partial charge in [-0.15, -0.1) is 6.58 Å². The minimum Gasteiger partial charge on any atom is -0.342 e. The summed E-state index contributed by atoms with van der Waals surface area (Å²) in [5.74, 6) is -2.84. The monoisotopic (exact) mass is 800 g/mol. The molecule has 6 rings (SSSR count). The molecule has 2 saturated heterocycles. The Bertz CT molecular complexity index is 1760. The first-order valence-electron chi connectivity index (χ1n) is 21.0. The highest BCUT2D eigenvalue weighted by molar-refractivity contribution is 7.91. The second-order valence-corrected chi connectivity index (χ2v) is 22.9. The molecular weight excluding hydrogens is 733 g/mol. The van der Waals surface area contributed by atoms with E-state index in [-0.39, 0.29) is 40.7 Å². The Morgan fingerprint density at radius 3 is 1.91 bits per heavy atom. The van der Waals surface area contributed by atoms with Crippen molar-refractivity contribution in [2.24, 2.45) is 33.0 Å². The average Bonchev–Trinajstić information content (AvgIpc) is 4.02. The van der Waals surface area contributed by atoms with Crippen LogP contribution in [-0.4, -0.2) is 102 Å². The molecule has 314 valence electrons. The molecule has 1 unspecified atom stereocenters. The van der Waals surface area contributed by atoms with Gasteiger partial charge >= 0.3 is 0 Å². The predicted molar refractivity (Wildman–Crippen MR) is 214 cm³/mol. The van der Waals surface area contributed by atoms with E-state index < -0.39 is 79.3 Å². The lowest BCUT2D eigenvalue weighted by Gasteiger charge is -2.40. The van der Waals surface area contributed by atoms with E-state index in [0.717, 1.165) is 38.6 Å². The van der Waals surface area contributed by atoms with Gasteiger partial charge < -0.3 is 20.9 Å². The third-order valence-corrected chi connectivity index (χ3v) is 16.8. The summed E-state index contributed by atoms with van der Waals surface area (Å²) in [7, 11) is -3.87. The van der Waals surface area contributed by atoms with Crippen molar-refractivity contribution < 1.29 is 32.4 Å². The van der Waals surface area contributed by atoms with Crippen LogP contribution >= 0.6 is 0 Å². The maximum absolute atomic E-state index is 15.1. The molecule has 0 radical (unpaired) electrons. The van der Waals surface area contributed by atoms with E-state index >= 15 is 4.79 Å². The molecule has 0 aromatic rings. The number of nitrogens with zero attached hydrogens (tertiary/aromatic N) is 2. The smallest absolute Gasteiger partial charge is 0.259 e. The lowest BCUT2D eigenvalue weighted by Crippen LogP contribution is -2.64. The molecule has 2 spiro atoms. The Hall–Kier alpha value is -3.00. The van der Waals surface area contributed by atoms with Crippen LogP contribution < -0.4 is 20.7 Å². The van der Waals surface area contributed by atoms with E-state index in [2.05, 4.69) is 59.8 Å². The van der Waals surface area contributed by atoms with Crippen LogP contribution in [0.25, 0.3) is 0 Å². The fraction of sp³-hybridized carbons (Fsp3) is 0.833. The van der Waals surface area contributed by atoms with Gasteiger partial charge in [-0.25, -0.2) is 8.42 Å². The third kappa shape index (κ3) is 7.00. The molecule has 14 heteroatoms. The summed E-state index contributed by atoms with van der Waals surface area (Å²) in [5, 5.41) is 8.46. The van der Waals surface area contributed by atoms with Crippen molar-refractivity contribution in [2.75, 3.05) is 13.1 Å². The first-order valence-corrected chi connectivity index (χ1v) is 22.5. The number of hydrogen-bond acceptors (Lipinski definition) is 8. The van der Waals surface area contributed by atoms with Crippen LogP contribution in [0.5, 0.6) is 0 Å². The fourth-order valence-electron chi connectivity index (χ4n) is 10.9.